The van der Waals surface area contributed by atoms with Gasteiger partial charge in [0, 0.05) is 35.9 Å². The Balaban J connectivity index is 1.16. The van der Waals surface area contributed by atoms with Gasteiger partial charge in [0.1, 0.15) is 11.5 Å². The normalized spacial score (nSPS) is 24.6. The van der Waals surface area contributed by atoms with Crippen molar-refractivity contribution in [2.45, 2.75) is 64.1 Å². The van der Waals surface area contributed by atoms with Crippen molar-refractivity contribution in [3.05, 3.63) is 75.2 Å². The third kappa shape index (κ3) is 4.65. The number of hydrogen-bond donors (Lipinski definition) is 2. The molecule has 1 aromatic carbocycles. The van der Waals surface area contributed by atoms with Crippen molar-refractivity contribution in [2.75, 3.05) is 11.4 Å². The molecule has 0 bridgehead atoms. The van der Waals surface area contributed by atoms with Gasteiger partial charge in [-0.2, -0.15) is 10.4 Å². The molecule has 206 valence electrons. The van der Waals surface area contributed by atoms with E-state index in [-0.39, 0.29) is 35.7 Å². The largest absolute Gasteiger partial charge is 0.387 e. The lowest BCUT2D eigenvalue weighted by atomic mass is 9.74. The van der Waals surface area contributed by atoms with E-state index < -0.39 is 6.10 Å². The average Bonchev–Trinajstić information content (AvgIpc) is 3.40. The highest BCUT2D eigenvalue weighted by Crippen LogP contribution is 2.47. The highest BCUT2D eigenvalue weighted by atomic mass is 35.5. The zero-order valence-electron chi connectivity index (χ0n) is 22.6. The summed E-state index contributed by atoms with van der Waals surface area (Å²) in [5, 5.41) is 28.1. The number of piperidine rings is 1. The van der Waals surface area contributed by atoms with Crippen LogP contribution < -0.4 is 10.2 Å². The van der Waals surface area contributed by atoms with Crippen molar-refractivity contribution in [1.29, 1.82) is 5.26 Å². The Hall–Kier alpha value is -3.74. The number of carbonyl (C=O) groups is 2. The summed E-state index contributed by atoms with van der Waals surface area (Å²) in [6.45, 7) is 6.28. The van der Waals surface area contributed by atoms with Crippen LogP contribution in [0.2, 0.25) is 5.02 Å². The molecule has 2 aromatic heterocycles. The molecule has 4 atom stereocenters. The number of nitrogens with one attached hydrogen (secondary N) is 1. The van der Waals surface area contributed by atoms with Crippen molar-refractivity contribution < 1.29 is 14.7 Å². The molecular weight excluding hydrogens is 528 g/mol. The fourth-order valence-corrected chi connectivity index (χ4v) is 6.26. The van der Waals surface area contributed by atoms with E-state index in [1.165, 1.54) is 0 Å². The first kappa shape index (κ1) is 26.5. The number of aliphatic hydroxyl groups is 1. The van der Waals surface area contributed by atoms with Crippen LogP contribution in [-0.2, 0) is 4.79 Å². The number of rotatable bonds is 7. The Morgan fingerprint density at radius 2 is 2.02 bits per heavy atom. The van der Waals surface area contributed by atoms with Gasteiger partial charge in [-0.3, -0.25) is 19.2 Å². The van der Waals surface area contributed by atoms with Crippen LogP contribution >= 0.6 is 11.6 Å². The number of benzene rings is 1. The molecule has 0 unspecified atom stereocenters. The van der Waals surface area contributed by atoms with E-state index in [9.17, 15) is 20.0 Å². The lowest BCUT2D eigenvalue weighted by Gasteiger charge is -2.36. The standard InChI is InChI=1S/C30H31ClN6O3/c1-15-6-27(36-13-20-9-24(20)30(36)40)33-12-25(15)16(2)37-14-26(28(35-37)17(3)38)29(39)34-22-7-19(8-22)23-10-21(31)5-4-18(23)11-32/h4-6,10,12,14,16-17,19-20,22,24,38H,7-9,13H2,1-3H3,(H,34,39)/t16-,17+,19?,20+,22?,24+/m0/s1. The number of anilines is 1. The monoisotopic (exact) mass is 558 g/mol. The topological polar surface area (TPSA) is 124 Å². The molecule has 10 heteroatoms. The maximum atomic E-state index is 13.3. The van der Waals surface area contributed by atoms with Gasteiger partial charge in [-0.15, -0.1) is 0 Å². The number of pyridine rings is 1. The van der Waals surface area contributed by atoms with Crippen LogP contribution in [0, 0.1) is 30.1 Å². The molecule has 9 nitrogen and oxygen atoms in total. The van der Waals surface area contributed by atoms with Gasteiger partial charge in [-0.05, 0) is 92.8 Å². The van der Waals surface area contributed by atoms with E-state index in [0.29, 0.717) is 46.4 Å². The van der Waals surface area contributed by atoms with Crippen LogP contribution in [0.15, 0.2) is 36.7 Å². The molecule has 3 aliphatic rings. The maximum absolute atomic E-state index is 13.3. The number of amides is 2. The summed E-state index contributed by atoms with van der Waals surface area (Å²) in [6, 6.07) is 9.12. The minimum atomic E-state index is -0.929. The van der Waals surface area contributed by atoms with Gasteiger partial charge in [0.15, 0.2) is 0 Å². The summed E-state index contributed by atoms with van der Waals surface area (Å²) in [7, 11) is 0. The van der Waals surface area contributed by atoms with E-state index in [1.807, 2.05) is 26.0 Å². The fourth-order valence-electron chi connectivity index (χ4n) is 6.08. The number of aryl methyl sites for hydroxylation is 1. The first-order valence-electron chi connectivity index (χ1n) is 13.7. The third-order valence-corrected chi connectivity index (χ3v) is 8.87. The van der Waals surface area contributed by atoms with Crippen LogP contribution in [-0.4, -0.2) is 44.3 Å². The number of hydrogen-bond acceptors (Lipinski definition) is 6. The van der Waals surface area contributed by atoms with E-state index in [2.05, 4.69) is 21.5 Å². The molecule has 40 heavy (non-hydrogen) atoms. The molecule has 3 aromatic rings. The summed E-state index contributed by atoms with van der Waals surface area (Å²) in [5.41, 5.74) is 4.05. The van der Waals surface area contributed by atoms with Crippen LogP contribution in [0.25, 0.3) is 0 Å². The molecule has 1 saturated heterocycles. The Labute approximate surface area is 237 Å². The summed E-state index contributed by atoms with van der Waals surface area (Å²) in [6.07, 6.45) is 4.92. The van der Waals surface area contributed by atoms with Crippen LogP contribution in [0.5, 0.6) is 0 Å². The summed E-state index contributed by atoms with van der Waals surface area (Å²) in [4.78, 5) is 32.1. The fraction of sp³-hybridized carbons (Fsp3) is 0.433. The average molecular weight is 559 g/mol. The minimum absolute atomic E-state index is 0.0519. The first-order valence-corrected chi connectivity index (χ1v) is 14.1. The Morgan fingerprint density at radius 3 is 2.67 bits per heavy atom. The maximum Gasteiger partial charge on any atom is 0.255 e. The molecule has 2 N–H and O–H groups in total. The number of carbonyl (C=O) groups excluding carboxylic acids is 2. The first-order chi connectivity index (χ1) is 19.1. The number of nitriles is 1. The second-order valence-corrected chi connectivity index (χ2v) is 11.8. The number of aromatic nitrogens is 3. The predicted molar refractivity (Wildman–Crippen MR) is 149 cm³/mol. The van der Waals surface area contributed by atoms with E-state index in [0.717, 1.165) is 29.7 Å². The van der Waals surface area contributed by atoms with Crippen LogP contribution in [0.4, 0.5) is 5.82 Å². The number of halogens is 1. The molecular formula is C30H31ClN6O3. The number of fused-ring (bicyclic) bond motifs is 1. The van der Waals surface area contributed by atoms with Crippen LogP contribution in [0.1, 0.15) is 89.5 Å². The van der Waals surface area contributed by atoms with Crippen molar-refractivity contribution in [3.63, 3.8) is 0 Å². The second kappa shape index (κ2) is 10.0. The van der Waals surface area contributed by atoms with Gasteiger partial charge in [0.25, 0.3) is 5.91 Å². The summed E-state index contributed by atoms with van der Waals surface area (Å²) >= 11 is 6.15. The molecule has 3 fully saturated rings. The van der Waals surface area contributed by atoms with Crippen LogP contribution in [0.3, 0.4) is 0 Å². The van der Waals surface area contributed by atoms with Gasteiger partial charge in [-0.25, -0.2) is 4.98 Å². The van der Waals surface area contributed by atoms with Crippen molar-refractivity contribution in [1.82, 2.24) is 20.1 Å². The smallest absolute Gasteiger partial charge is 0.255 e. The van der Waals surface area contributed by atoms with Gasteiger partial charge in [-0.1, -0.05) is 11.6 Å². The quantitative estimate of drug-likeness (QED) is 0.442. The highest BCUT2D eigenvalue weighted by Gasteiger charge is 2.52. The predicted octanol–water partition coefficient (Wildman–Crippen LogP) is 4.43. The SMILES string of the molecule is Cc1cc(N2C[C@H]3C[C@H]3C2=O)ncc1[C@H](C)n1cc(C(=O)NC2CC(c3cc(Cl)ccc3C#N)C2)c([C@@H](C)O)n1. The van der Waals surface area contributed by atoms with Crippen molar-refractivity contribution >= 4 is 29.2 Å². The van der Waals surface area contributed by atoms with Gasteiger partial charge >= 0.3 is 0 Å². The zero-order chi connectivity index (χ0) is 28.3. The summed E-state index contributed by atoms with van der Waals surface area (Å²) in [5.74, 6) is 1.34. The molecule has 2 aliphatic carbocycles. The Kier molecular flexibility index (Phi) is 6.64. The van der Waals surface area contributed by atoms with Crippen molar-refractivity contribution in [2.24, 2.45) is 11.8 Å². The molecule has 6 rings (SSSR count). The molecule has 2 amide bonds. The molecule has 1 aliphatic heterocycles. The lowest BCUT2D eigenvalue weighted by molar-refractivity contribution is -0.118. The zero-order valence-corrected chi connectivity index (χ0v) is 23.4. The molecule has 2 saturated carbocycles. The van der Waals surface area contributed by atoms with E-state index >= 15 is 0 Å². The Bertz CT molecular complexity index is 1550. The third-order valence-electron chi connectivity index (χ3n) is 8.63. The van der Waals surface area contributed by atoms with Gasteiger partial charge < -0.3 is 10.4 Å². The molecule has 3 heterocycles. The number of aliphatic hydroxyl groups excluding tert-OH is 1. The van der Waals surface area contributed by atoms with Gasteiger partial charge in [0.2, 0.25) is 5.91 Å². The summed E-state index contributed by atoms with van der Waals surface area (Å²) < 4.78 is 1.69. The van der Waals surface area contributed by atoms with E-state index in [4.69, 9.17) is 11.6 Å². The van der Waals surface area contributed by atoms with Crippen molar-refractivity contribution in [3.8, 4) is 6.07 Å². The lowest BCUT2D eigenvalue weighted by Crippen LogP contribution is -2.43. The van der Waals surface area contributed by atoms with E-state index in [1.54, 1.807) is 41.0 Å². The Morgan fingerprint density at radius 1 is 1.25 bits per heavy atom. The molecule has 0 spiro atoms. The van der Waals surface area contributed by atoms with Gasteiger partial charge in [0.05, 0.1) is 29.3 Å². The second-order valence-electron chi connectivity index (χ2n) is 11.4. The molecule has 0 radical (unpaired) electrons. The minimum Gasteiger partial charge on any atom is -0.387 e. The highest BCUT2D eigenvalue weighted by molar-refractivity contribution is 6.30. The number of nitrogens with zero attached hydrogens (tertiary/aromatic N) is 5.